The van der Waals surface area contributed by atoms with Gasteiger partial charge in [0.25, 0.3) is 11.8 Å². The maximum atomic E-state index is 13.7. The Morgan fingerprint density at radius 2 is 1.05 bits per heavy atom. The molecule has 0 radical (unpaired) electrons. The van der Waals surface area contributed by atoms with Crippen molar-refractivity contribution < 1.29 is 9.59 Å². The number of carbonyl (C=O) groups excluding carboxylic acids is 2. The van der Waals surface area contributed by atoms with Crippen LogP contribution in [0.3, 0.4) is 0 Å². The van der Waals surface area contributed by atoms with Crippen molar-refractivity contribution in [3.8, 4) is 0 Å². The second-order valence-electron chi connectivity index (χ2n) is 8.34. The molecule has 4 rings (SSSR count). The van der Waals surface area contributed by atoms with Crippen LogP contribution in [0.25, 0.3) is 0 Å². The van der Waals surface area contributed by atoms with Crippen LogP contribution in [-0.4, -0.2) is 11.8 Å². The number of rotatable bonds is 5. The molecule has 1 heterocycles. The Bertz CT molecular complexity index is 1380. The predicted octanol–water partition coefficient (Wildman–Crippen LogP) is 8.47. The first-order chi connectivity index (χ1) is 17.5. The highest BCUT2D eigenvalue weighted by Gasteiger charge is 2.36. The van der Waals surface area contributed by atoms with E-state index in [-0.39, 0.29) is 10.0 Å². The summed E-state index contributed by atoms with van der Waals surface area (Å²) in [5, 5.41) is 10.8. The van der Waals surface area contributed by atoms with Gasteiger partial charge in [-0.3, -0.25) is 9.59 Å². The van der Waals surface area contributed by atoms with E-state index in [0.29, 0.717) is 54.5 Å². The average molecular weight is 596 g/mol. The Hall–Kier alpha value is -2.67. The average Bonchev–Trinajstić information content (AvgIpc) is 2.82. The first-order valence-electron chi connectivity index (χ1n) is 11.0. The zero-order chi connectivity index (χ0) is 26.9. The van der Waals surface area contributed by atoms with Gasteiger partial charge in [-0.05, 0) is 67.9 Å². The van der Waals surface area contributed by atoms with Crippen molar-refractivity contribution in [2.45, 2.75) is 19.8 Å². The molecule has 3 aromatic carbocycles. The van der Waals surface area contributed by atoms with Crippen molar-refractivity contribution in [3.63, 3.8) is 0 Å². The van der Waals surface area contributed by atoms with Gasteiger partial charge in [-0.1, -0.05) is 70.1 Å². The van der Waals surface area contributed by atoms with E-state index < -0.39 is 17.7 Å². The summed E-state index contributed by atoms with van der Waals surface area (Å²) in [5.41, 5.74) is 3.32. The van der Waals surface area contributed by atoms with Crippen LogP contribution < -0.4 is 16.0 Å². The number of carbonyl (C=O) groups is 2. The lowest BCUT2D eigenvalue weighted by Gasteiger charge is -2.31. The fraction of sp³-hybridized carbons (Fsp3) is 0.111. The third-order valence-electron chi connectivity index (χ3n) is 5.81. The molecule has 0 fully saturated rings. The van der Waals surface area contributed by atoms with E-state index in [1.807, 2.05) is 0 Å². The van der Waals surface area contributed by atoms with Crippen LogP contribution in [0, 0.1) is 0 Å². The second kappa shape index (κ2) is 11.4. The van der Waals surface area contributed by atoms with E-state index >= 15 is 0 Å². The summed E-state index contributed by atoms with van der Waals surface area (Å²) >= 11 is 30.7. The number of dihydropyridines is 1. The summed E-state index contributed by atoms with van der Waals surface area (Å²) in [6.45, 7) is 3.55. The minimum atomic E-state index is -0.726. The summed E-state index contributed by atoms with van der Waals surface area (Å²) in [5.74, 6) is -1.59. The largest absolute Gasteiger partial charge is 0.362 e. The van der Waals surface area contributed by atoms with Gasteiger partial charge in [-0.15, -0.1) is 0 Å². The van der Waals surface area contributed by atoms with Crippen LogP contribution >= 0.6 is 58.0 Å². The normalized spacial score (nSPS) is 13.9. The molecule has 0 aromatic heterocycles. The molecule has 0 unspecified atom stereocenters. The molecule has 0 saturated carbocycles. The highest BCUT2D eigenvalue weighted by atomic mass is 35.5. The molecule has 2 amide bonds. The Balaban J connectivity index is 1.77. The van der Waals surface area contributed by atoms with Gasteiger partial charge in [-0.25, -0.2) is 0 Å². The number of halogens is 5. The lowest BCUT2D eigenvalue weighted by molar-refractivity contribution is -0.113. The second-order valence-corrected chi connectivity index (χ2v) is 10.5. The van der Waals surface area contributed by atoms with Gasteiger partial charge in [0.2, 0.25) is 0 Å². The van der Waals surface area contributed by atoms with E-state index in [1.165, 1.54) is 12.1 Å². The van der Waals surface area contributed by atoms with Gasteiger partial charge in [0, 0.05) is 43.5 Å². The number of hydrogen-bond acceptors (Lipinski definition) is 3. The van der Waals surface area contributed by atoms with Crippen LogP contribution in [0.4, 0.5) is 11.4 Å². The maximum absolute atomic E-state index is 13.7. The predicted molar refractivity (Wildman–Crippen MR) is 153 cm³/mol. The minimum Gasteiger partial charge on any atom is -0.362 e. The van der Waals surface area contributed by atoms with Gasteiger partial charge in [0.15, 0.2) is 0 Å². The van der Waals surface area contributed by atoms with Gasteiger partial charge in [0.1, 0.15) is 0 Å². The first kappa shape index (κ1) is 27.4. The fourth-order valence-electron chi connectivity index (χ4n) is 4.15. The number of anilines is 2. The highest BCUT2D eigenvalue weighted by molar-refractivity contribution is 6.37. The number of amides is 2. The quantitative estimate of drug-likeness (QED) is 0.277. The molecular weight excluding hydrogens is 576 g/mol. The summed E-state index contributed by atoms with van der Waals surface area (Å²) in [6, 6.07) is 16.5. The molecule has 0 saturated heterocycles. The minimum absolute atomic E-state index is 0.285. The fourth-order valence-corrected chi connectivity index (χ4v) is 5.18. The molecule has 37 heavy (non-hydrogen) atoms. The Labute approximate surface area is 239 Å². The first-order valence-corrected chi connectivity index (χ1v) is 12.9. The van der Waals surface area contributed by atoms with Gasteiger partial charge in [0.05, 0.1) is 21.4 Å². The van der Waals surface area contributed by atoms with Crippen molar-refractivity contribution in [2.24, 2.45) is 0 Å². The van der Waals surface area contributed by atoms with Crippen molar-refractivity contribution in [1.29, 1.82) is 0 Å². The van der Waals surface area contributed by atoms with Crippen molar-refractivity contribution in [3.05, 3.63) is 114 Å². The van der Waals surface area contributed by atoms with Crippen LogP contribution in [0.1, 0.15) is 25.3 Å². The zero-order valence-electron chi connectivity index (χ0n) is 19.6. The summed E-state index contributed by atoms with van der Waals surface area (Å²) in [6.07, 6.45) is 0. The molecular formula is C27H20Cl5N3O2. The monoisotopic (exact) mass is 593 g/mol. The third-order valence-corrected chi connectivity index (χ3v) is 7.16. The van der Waals surface area contributed by atoms with Crippen LogP contribution in [0.15, 0.2) is 83.2 Å². The molecule has 0 bridgehead atoms. The smallest absolute Gasteiger partial charge is 0.254 e. The number of benzene rings is 3. The summed E-state index contributed by atoms with van der Waals surface area (Å²) < 4.78 is 0. The number of nitrogens with one attached hydrogen (secondary N) is 3. The van der Waals surface area contributed by atoms with Crippen LogP contribution in [0.5, 0.6) is 0 Å². The number of allylic oxidation sites excluding steroid dienone is 2. The summed E-state index contributed by atoms with van der Waals surface area (Å²) in [4.78, 5) is 27.3. The molecule has 1 aliphatic heterocycles. The van der Waals surface area contributed by atoms with Gasteiger partial charge in [-0.2, -0.15) is 0 Å². The van der Waals surface area contributed by atoms with Crippen LogP contribution in [-0.2, 0) is 9.59 Å². The van der Waals surface area contributed by atoms with Crippen molar-refractivity contribution in [2.75, 3.05) is 10.6 Å². The Morgan fingerprint density at radius 1 is 0.649 bits per heavy atom. The molecule has 1 aliphatic rings. The molecule has 0 spiro atoms. The molecule has 10 heteroatoms. The van der Waals surface area contributed by atoms with Crippen molar-refractivity contribution in [1.82, 2.24) is 5.32 Å². The standard InChI is InChI=1S/C27H20Cl5N3O2/c1-13-23(26(36)34-21-9-7-17(29)11-19(21)31)25(15-3-5-16(28)6-4-15)24(14(2)33-13)27(37)35-22-10-8-18(30)12-20(22)32/h3-12,25,33H,1-2H3,(H,34,36)(H,35,37). The zero-order valence-corrected chi connectivity index (χ0v) is 23.3. The van der Waals surface area contributed by atoms with Gasteiger partial charge < -0.3 is 16.0 Å². The van der Waals surface area contributed by atoms with E-state index in [2.05, 4.69) is 16.0 Å². The van der Waals surface area contributed by atoms with E-state index in [0.717, 1.165) is 0 Å². The van der Waals surface area contributed by atoms with E-state index in [9.17, 15) is 9.59 Å². The Kier molecular flexibility index (Phi) is 8.42. The molecule has 3 aromatic rings. The lowest BCUT2D eigenvalue weighted by Crippen LogP contribution is -2.35. The molecule has 0 aliphatic carbocycles. The highest BCUT2D eigenvalue weighted by Crippen LogP contribution is 2.40. The van der Waals surface area contributed by atoms with Gasteiger partial charge >= 0.3 is 0 Å². The number of hydrogen-bond donors (Lipinski definition) is 3. The van der Waals surface area contributed by atoms with E-state index in [1.54, 1.807) is 62.4 Å². The molecule has 3 N–H and O–H groups in total. The van der Waals surface area contributed by atoms with Crippen molar-refractivity contribution >= 4 is 81.2 Å². The summed E-state index contributed by atoms with van der Waals surface area (Å²) in [7, 11) is 0. The Morgan fingerprint density at radius 3 is 1.46 bits per heavy atom. The molecule has 190 valence electrons. The topological polar surface area (TPSA) is 70.2 Å². The molecule has 0 atom stereocenters. The lowest BCUT2D eigenvalue weighted by atomic mass is 9.79. The maximum Gasteiger partial charge on any atom is 0.254 e. The third kappa shape index (κ3) is 6.08. The molecule has 5 nitrogen and oxygen atoms in total. The van der Waals surface area contributed by atoms with Crippen LogP contribution in [0.2, 0.25) is 25.1 Å². The van der Waals surface area contributed by atoms with E-state index in [4.69, 9.17) is 58.0 Å². The SMILES string of the molecule is CC1=C(C(=O)Nc2ccc(Cl)cc2Cl)C(c2ccc(Cl)cc2)C(C(=O)Nc2ccc(Cl)cc2Cl)=C(C)N1.